The summed E-state index contributed by atoms with van der Waals surface area (Å²) in [5, 5.41) is 9.19. The fraction of sp³-hybridized carbons (Fsp3) is 0.500. The van der Waals surface area contributed by atoms with Gasteiger partial charge in [-0.3, -0.25) is 0 Å². The van der Waals surface area contributed by atoms with Crippen LogP contribution >= 0.6 is 12.2 Å². The van der Waals surface area contributed by atoms with E-state index in [2.05, 4.69) is 4.90 Å². The predicted octanol–water partition coefficient (Wildman–Crippen LogP) is 1.54. The molecule has 5 heteroatoms. The van der Waals surface area contributed by atoms with Crippen LogP contribution in [0.15, 0.2) is 18.2 Å². The third-order valence-corrected chi connectivity index (χ3v) is 3.90. The molecule has 0 saturated carbocycles. The molecule has 2 rings (SSSR count). The van der Waals surface area contributed by atoms with Crippen molar-refractivity contribution < 1.29 is 9.84 Å². The van der Waals surface area contributed by atoms with Gasteiger partial charge in [0.05, 0.1) is 12.8 Å². The van der Waals surface area contributed by atoms with Crippen LogP contribution in [-0.2, 0) is 0 Å². The molecule has 1 saturated heterocycles. The van der Waals surface area contributed by atoms with Crippen molar-refractivity contribution in [3.63, 3.8) is 0 Å². The van der Waals surface area contributed by atoms with Gasteiger partial charge in [0.25, 0.3) is 0 Å². The van der Waals surface area contributed by atoms with Gasteiger partial charge in [0, 0.05) is 31.3 Å². The van der Waals surface area contributed by atoms with E-state index in [9.17, 15) is 5.11 Å². The molecule has 0 unspecified atom stereocenters. The average Bonchev–Trinajstić information content (AvgIpc) is 2.46. The van der Waals surface area contributed by atoms with E-state index < -0.39 is 0 Å². The highest BCUT2D eigenvalue weighted by molar-refractivity contribution is 7.80. The van der Waals surface area contributed by atoms with Crippen LogP contribution in [0.25, 0.3) is 0 Å². The predicted molar refractivity (Wildman–Crippen MR) is 80.9 cm³/mol. The Balaban J connectivity index is 2.24. The Hall–Kier alpha value is -1.33. The number of rotatable bonds is 4. The van der Waals surface area contributed by atoms with Crippen LogP contribution in [0.1, 0.15) is 18.4 Å². The standard InChI is InChI=1S/C14H20N2O2S/c1-18-11-2-3-12(14(15)19)13(8-11)16-6-4-10(9-17)5-7-16/h2-3,8,10,17H,4-7,9H2,1H3,(H2,15,19). The Morgan fingerprint density at radius 3 is 2.68 bits per heavy atom. The summed E-state index contributed by atoms with van der Waals surface area (Å²) in [4.78, 5) is 2.67. The van der Waals surface area contributed by atoms with Gasteiger partial charge < -0.3 is 20.5 Å². The first-order valence-corrected chi connectivity index (χ1v) is 6.90. The molecule has 0 atom stereocenters. The van der Waals surface area contributed by atoms with Crippen molar-refractivity contribution >= 4 is 22.9 Å². The lowest BCUT2D eigenvalue weighted by Crippen LogP contribution is -2.36. The molecule has 1 aliphatic rings. The molecule has 0 aromatic heterocycles. The summed E-state index contributed by atoms with van der Waals surface area (Å²) in [7, 11) is 1.65. The molecule has 1 aliphatic heterocycles. The van der Waals surface area contributed by atoms with Gasteiger partial charge in [-0.05, 0) is 30.9 Å². The van der Waals surface area contributed by atoms with Crippen molar-refractivity contribution in [2.75, 3.05) is 31.7 Å². The Kier molecular flexibility index (Phi) is 4.61. The Morgan fingerprint density at radius 2 is 2.16 bits per heavy atom. The van der Waals surface area contributed by atoms with Gasteiger partial charge in [-0.2, -0.15) is 0 Å². The lowest BCUT2D eigenvalue weighted by molar-refractivity contribution is 0.203. The van der Waals surface area contributed by atoms with Gasteiger partial charge in [0.15, 0.2) is 0 Å². The average molecular weight is 280 g/mol. The minimum atomic E-state index is 0.272. The highest BCUT2D eigenvalue weighted by atomic mass is 32.1. The summed E-state index contributed by atoms with van der Waals surface area (Å²) in [6.07, 6.45) is 1.98. The highest BCUT2D eigenvalue weighted by Gasteiger charge is 2.21. The number of aliphatic hydroxyl groups excluding tert-OH is 1. The molecule has 1 aromatic rings. The molecular formula is C14H20N2O2S. The third kappa shape index (κ3) is 3.16. The van der Waals surface area contributed by atoms with E-state index in [1.807, 2.05) is 18.2 Å². The fourth-order valence-corrected chi connectivity index (χ4v) is 2.64. The minimum Gasteiger partial charge on any atom is -0.497 e. The van der Waals surface area contributed by atoms with Crippen molar-refractivity contribution in [2.45, 2.75) is 12.8 Å². The van der Waals surface area contributed by atoms with Crippen molar-refractivity contribution in [2.24, 2.45) is 11.7 Å². The Labute approximate surface area is 119 Å². The van der Waals surface area contributed by atoms with Crippen molar-refractivity contribution in [3.8, 4) is 5.75 Å². The zero-order valence-corrected chi connectivity index (χ0v) is 11.9. The number of piperidine rings is 1. The van der Waals surface area contributed by atoms with Gasteiger partial charge in [-0.1, -0.05) is 12.2 Å². The number of hydrogen-bond donors (Lipinski definition) is 2. The fourth-order valence-electron chi connectivity index (χ4n) is 2.46. The van der Waals surface area contributed by atoms with E-state index in [4.69, 9.17) is 22.7 Å². The van der Waals surface area contributed by atoms with Crippen LogP contribution in [-0.4, -0.2) is 36.9 Å². The molecule has 19 heavy (non-hydrogen) atoms. The molecule has 0 radical (unpaired) electrons. The van der Waals surface area contributed by atoms with Gasteiger partial charge in [-0.15, -0.1) is 0 Å². The second-order valence-electron chi connectivity index (χ2n) is 4.86. The monoisotopic (exact) mass is 280 g/mol. The summed E-state index contributed by atoms with van der Waals surface area (Å²) in [6.45, 7) is 2.09. The third-order valence-electron chi connectivity index (χ3n) is 3.68. The number of ether oxygens (including phenoxy) is 1. The summed E-state index contributed by atoms with van der Waals surface area (Å²) in [5.41, 5.74) is 7.71. The zero-order valence-electron chi connectivity index (χ0n) is 11.1. The molecule has 1 aromatic carbocycles. The number of anilines is 1. The number of hydrogen-bond acceptors (Lipinski definition) is 4. The van der Waals surface area contributed by atoms with Crippen LogP contribution in [0.3, 0.4) is 0 Å². The van der Waals surface area contributed by atoms with Crippen molar-refractivity contribution in [1.29, 1.82) is 0 Å². The van der Waals surface area contributed by atoms with Crippen LogP contribution in [0.4, 0.5) is 5.69 Å². The lowest BCUT2D eigenvalue weighted by atomic mass is 9.97. The summed E-state index contributed by atoms with van der Waals surface area (Å²) in [5.74, 6) is 1.22. The van der Waals surface area contributed by atoms with Crippen LogP contribution in [0.2, 0.25) is 0 Å². The van der Waals surface area contributed by atoms with Crippen LogP contribution in [0, 0.1) is 5.92 Å². The van der Waals surface area contributed by atoms with Gasteiger partial charge in [0.1, 0.15) is 10.7 Å². The maximum Gasteiger partial charge on any atom is 0.120 e. The first-order chi connectivity index (χ1) is 9.15. The second-order valence-corrected chi connectivity index (χ2v) is 5.30. The number of nitrogens with two attached hydrogens (primary N) is 1. The molecule has 0 amide bonds. The molecule has 4 nitrogen and oxygen atoms in total. The summed E-state index contributed by atoms with van der Waals surface area (Å²) < 4.78 is 5.27. The smallest absolute Gasteiger partial charge is 0.120 e. The van der Waals surface area contributed by atoms with E-state index in [1.54, 1.807) is 7.11 Å². The number of aliphatic hydroxyl groups is 1. The van der Waals surface area contributed by atoms with Crippen molar-refractivity contribution in [1.82, 2.24) is 0 Å². The van der Waals surface area contributed by atoms with Crippen LogP contribution in [0.5, 0.6) is 5.75 Å². The molecular weight excluding hydrogens is 260 g/mol. The first kappa shape index (κ1) is 14.1. The van der Waals surface area contributed by atoms with Gasteiger partial charge in [-0.25, -0.2) is 0 Å². The first-order valence-electron chi connectivity index (χ1n) is 6.49. The van der Waals surface area contributed by atoms with E-state index >= 15 is 0 Å². The SMILES string of the molecule is COc1ccc(C(N)=S)c(N2CCC(CO)CC2)c1. The summed E-state index contributed by atoms with van der Waals surface area (Å²) >= 11 is 5.11. The minimum absolute atomic E-state index is 0.272. The van der Waals surface area contributed by atoms with Gasteiger partial charge in [0.2, 0.25) is 0 Å². The molecule has 0 bridgehead atoms. The number of nitrogens with zero attached hydrogens (tertiary/aromatic N) is 1. The molecule has 0 aliphatic carbocycles. The van der Waals surface area contributed by atoms with Crippen molar-refractivity contribution in [3.05, 3.63) is 23.8 Å². The molecule has 1 fully saturated rings. The molecule has 1 heterocycles. The maximum atomic E-state index is 9.19. The normalized spacial score (nSPS) is 16.4. The largest absolute Gasteiger partial charge is 0.497 e. The molecule has 0 spiro atoms. The Bertz CT molecular complexity index is 457. The number of thiocarbonyl (C=S) groups is 1. The number of benzene rings is 1. The van der Waals surface area contributed by atoms with E-state index in [0.29, 0.717) is 10.9 Å². The topological polar surface area (TPSA) is 58.7 Å². The Morgan fingerprint density at radius 1 is 1.47 bits per heavy atom. The van der Waals surface area contributed by atoms with E-state index in [1.165, 1.54) is 0 Å². The maximum absolute atomic E-state index is 9.19. The molecule has 104 valence electrons. The highest BCUT2D eigenvalue weighted by Crippen LogP contribution is 2.29. The number of methoxy groups -OCH3 is 1. The van der Waals surface area contributed by atoms with E-state index in [-0.39, 0.29) is 6.61 Å². The molecule has 3 N–H and O–H groups in total. The van der Waals surface area contributed by atoms with Gasteiger partial charge >= 0.3 is 0 Å². The van der Waals surface area contributed by atoms with E-state index in [0.717, 1.165) is 42.9 Å². The lowest BCUT2D eigenvalue weighted by Gasteiger charge is -2.34. The summed E-state index contributed by atoms with van der Waals surface area (Å²) in [6, 6.07) is 5.76. The second kappa shape index (κ2) is 6.21. The zero-order chi connectivity index (χ0) is 13.8. The van der Waals surface area contributed by atoms with Crippen LogP contribution < -0.4 is 15.4 Å². The quantitative estimate of drug-likeness (QED) is 0.819.